The molecular weight excluding hydrogens is 358 g/mol. The van der Waals surface area contributed by atoms with Crippen LogP contribution in [0.5, 0.6) is 5.75 Å². The van der Waals surface area contributed by atoms with E-state index in [1.54, 1.807) is 7.11 Å². The molecule has 0 saturated carbocycles. The number of hydrogen-bond donors (Lipinski definition) is 1. The summed E-state index contributed by atoms with van der Waals surface area (Å²) in [5.41, 5.74) is 5.12. The third-order valence-corrected chi connectivity index (χ3v) is 6.08. The van der Waals surface area contributed by atoms with Gasteiger partial charge < -0.3 is 15.0 Å². The van der Waals surface area contributed by atoms with Gasteiger partial charge in [-0.3, -0.25) is 4.98 Å². The molecule has 0 unspecified atom stereocenters. The second-order valence-corrected chi connectivity index (χ2v) is 8.33. The van der Waals surface area contributed by atoms with E-state index < -0.39 is 0 Å². The van der Waals surface area contributed by atoms with E-state index in [2.05, 4.69) is 36.2 Å². The summed E-state index contributed by atoms with van der Waals surface area (Å²) in [6.07, 6.45) is 11.1. The van der Waals surface area contributed by atoms with Gasteiger partial charge in [0.25, 0.3) is 0 Å². The van der Waals surface area contributed by atoms with E-state index in [1.165, 1.54) is 86.9 Å². The van der Waals surface area contributed by atoms with Gasteiger partial charge in [-0.05, 0) is 88.3 Å². The fraction of sp³-hybridized carbons (Fsp3) is 0.640. The number of pyridine rings is 1. The molecule has 0 fully saturated rings. The molecule has 0 amide bonds. The van der Waals surface area contributed by atoms with Crippen LogP contribution < -0.4 is 10.1 Å². The summed E-state index contributed by atoms with van der Waals surface area (Å²) in [5.74, 6) is 0.906. The lowest BCUT2D eigenvalue weighted by atomic mass is 9.92. The monoisotopic (exact) mass is 397 g/mol. The molecule has 1 aromatic heterocycles. The van der Waals surface area contributed by atoms with Crippen LogP contribution in [0.3, 0.4) is 0 Å². The fourth-order valence-electron chi connectivity index (χ4n) is 4.35. The molecule has 3 rings (SSSR count). The Morgan fingerprint density at radius 3 is 2.45 bits per heavy atom. The topological polar surface area (TPSA) is 37.4 Å². The molecule has 0 radical (unpaired) electrons. The van der Waals surface area contributed by atoms with Gasteiger partial charge >= 0.3 is 0 Å². The van der Waals surface area contributed by atoms with Crippen molar-refractivity contribution in [3.63, 3.8) is 0 Å². The van der Waals surface area contributed by atoms with Gasteiger partial charge in [-0.2, -0.15) is 0 Å². The Balaban J connectivity index is 1.71. The normalized spacial score (nSPS) is 13.7. The van der Waals surface area contributed by atoms with E-state index in [-0.39, 0.29) is 0 Å². The molecule has 1 N–H and O–H groups in total. The maximum absolute atomic E-state index is 5.49. The highest BCUT2D eigenvalue weighted by Crippen LogP contribution is 2.35. The highest BCUT2D eigenvalue weighted by molar-refractivity contribution is 5.94. The molecule has 4 heteroatoms. The molecule has 1 aliphatic carbocycles. The third-order valence-electron chi connectivity index (χ3n) is 6.08. The maximum Gasteiger partial charge on any atom is 0.119 e. The maximum atomic E-state index is 5.49. The first-order valence-corrected chi connectivity index (χ1v) is 11.7. The van der Waals surface area contributed by atoms with E-state index >= 15 is 0 Å². The van der Waals surface area contributed by atoms with Crippen LogP contribution in [0.1, 0.15) is 70.1 Å². The predicted molar refractivity (Wildman–Crippen MR) is 124 cm³/mol. The lowest BCUT2D eigenvalue weighted by Crippen LogP contribution is -2.28. The van der Waals surface area contributed by atoms with Crippen LogP contribution in [0, 0.1) is 0 Å². The SMILES string of the molecule is CCCCN(CCCC)CCCNc1c2c(nc3ccc(OC)cc13)CCCC2. The first kappa shape index (κ1) is 21.9. The Morgan fingerprint density at radius 2 is 1.72 bits per heavy atom. The van der Waals surface area contributed by atoms with Crippen molar-refractivity contribution in [3.05, 3.63) is 29.5 Å². The van der Waals surface area contributed by atoms with Crippen LogP contribution >= 0.6 is 0 Å². The Kier molecular flexibility index (Phi) is 8.60. The summed E-state index contributed by atoms with van der Waals surface area (Å²) in [5, 5.41) is 5.02. The molecule has 0 atom stereocenters. The average Bonchev–Trinajstić information content (AvgIpc) is 2.76. The quantitative estimate of drug-likeness (QED) is 0.458. The van der Waals surface area contributed by atoms with Gasteiger partial charge in [0.05, 0.1) is 12.6 Å². The van der Waals surface area contributed by atoms with Crippen molar-refractivity contribution < 1.29 is 4.74 Å². The van der Waals surface area contributed by atoms with E-state index in [9.17, 15) is 0 Å². The van der Waals surface area contributed by atoms with E-state index in [0.717, 1.165) is 30.7 Å². The Hall–Kier alpha value is -1.81. The largest absolute Gasteiger partial charge is 0.497 e. The number of aromatic nitrogens is 1. The molecule has 1 aromatic carbocycles. The van der Waals surface area contributed by atoms with Crippen LogP contribution in [-0.2, 0) is 12.8 Å². The zero-order valence-electron chi connectivity index (χ0n) is 18.7. The second kappa shape index (κ2) is 11.4. The Bertz CT molecular complexity index is 766. The van der Waals surface area contributed by atoms with Crippen molar-refractivity contribution in [2.24, 2.45) is 0 Å². The number of aryl methyl sites for hydroxylation is 1. The van der Waals surface area contributed by atoms with Gasteiger partial charge in [0.2, 0.25) is 0 Å². The molecule has 1 heterocycles. The molecule has 2 aromatic rings. The molecule has 0 aliphatic heterocycles. The van der Waals surface area contributed by atoms with Crippen LogP contribution in [0.4, 0.5) is 5.69 Å². The summed E-state index contributed by atoms with van der Waals surface area (Å²) in [6.45, 7) is 9.23. The summed E-state index contributed by atoms with van der Waals surface area (Å²) < 4.78 is 5.49. The summed E-state index contributed by atoms with van der Waals surface area (Å²) >= 11 is 0. The van der Waals surface area contributed by atoms with E-state index in [1.807, 2.05) is 6.07 Å². The van der Waals surface area contributed by atoms with Gasteiger partial charge in [0.15, 0.2) is 0 Å². The lowest BCUT2D eigenvalue weighted by molar-refractivity contribution is 0.264. The fourth-order valence-corrected chi connectivity index (χ4v) is 4.35. The lowest BCUT2D eigenvalue weighted by Gasteiger charge is -2.24. The first-order valence-electron chi connectivity index (χ1n) is 11.7. The number of benzene rings is 1. The van der Waals surface area contributed by atoms with Crippen LogP contribution in [-0.4, -0.2) is 43.2 Å². The summed E-state index contributed by atoms with van der Waals surface area (Å²) in [4.78, 5) is 7.62. The van der Waals surface area contributed by atoms with Gasteiger partial charge in [0, 0.05) is 23.3 Å². The van der Waals surface area contributed by atoms with Gasteiger partial charge in [-0.15, -0.1) is 0 Å². The van der Waals surface area contributed by atoms with Crippen molar-refractivity contribution >= 4 is 16.6 Å². The number of fused-ring (bicyclic) bond motifs is 2. The number of ether oxygens (including phenoxy) is 1. The van der Waals surface area contributed by atoms with Gasteiger partial charge in [-0.25, -0.2) is 0 Å². The van der Waals surface area contributed by atoms with Crippen molar-refractivity contribution in [1.29, 1.82) is 0 Å². The second-order valence-electron chi connectivity index (χ2n) is 8.33. The highest BCUT2D eigenvalue weighted by atomic mass is 16.5. The molecule has 0 spiro atoms. The van der Waals surface area contributed by atoms with Crippen molar-refractivity contribution in [2.45, 2.75) is 71.6 Å². The minimum atomic E-state index is 0.906. The van der Waals surface area contributed by atoms with Crippen molar-refractivity contribution in [3.8, 4) is 5.75 Å². The van der Waals surface area contributed by atoms with Crippen molar-refractivity contribution in [1.82, 2.24) is 9.88 Å². The van der Waals surface area contributed by atoms with Gasteiger partial charge in [-0.1, -0.05) is 26.7 Å². The van der Waals surface area contributed by atoms with Crippen LogP contribution in [0.2, 0.25) is 0 Å². The number of nitrogens with one attached hydrogen (secondary N) is 1. The molecular formula is C25H39N3O. The zero-order valence-corrected chi connectivity index (χ0v) is 18.7. The van der Waals surface area contributed by atoms with Crippen molar-refractivity contribution in [2.75, 3.05) is 38.6 Å². The third kappa shape index (κ3) is 5.85. The number of anilines is 1. The number of hydrogen-bond acceptors (Lipinski definition) is 4. The number of rotatable bonds is 12. The Labute approximate surface area is 177 Å². The zero-order chi connectivity index (χ0) is 20.5. The number of nitrogens with zero attached hydrogens (tertiary/aromatic N) is 2. The number of unbranched alkanes of at least 4 members (excludes halogenated alkanes) is 2. The standard InChI is InChI=1S/C25H39N3O/c1-4-6-16-28(17-7-5-2)18-10-15-26-25-21-11-8-9-12-23(21)27-24-14-13-20(29-3)19-22(24)25/h13-14,19H,4-12,15-18H2,1-3H3,(H,26,27). The van der Waals surface area contributed by atoms with Gasteiger partial charge in [0.1, 0.15) is 5.75 Å². The molecule has 29 heavy (non-hydrogen) atoms. The average molecular weight is 398 g/mol. The molecule has 1 aliphatic rings. The van der Waals surface area contributed by atoms with Crippen LogP contribution in [0.25, 0.3) is 10.9 Å². The minimum absolute atomic E-state index is 0.906. The van der Waals surface area contributed by atoms with Crippen LogP contribution in [0.15, 0.2) is 18.2 Å². The summed E-state index contributed by atoms with van der Waals surface area (Å²) in [6, 6.07) is 6.27. The number of methoxy groups -OCH3 is 1. The predicted octanol–water partition coefficient (Wildman–Crippen LogP) is 5.83. The highest BCUT2D eigenvalue weighted by Gasteiger charge is 2.18. The van der Waals surface area contributed by atoms with E-state index in [0.29, 0.717) is 0 Å². The molecule has 0 saturated heterocycles. The summed E-state index contributed by atoms with van der Waals surface area (Å²) in [7, 11) is 1.74. The first-order chi connectivity index (χ1) is 14.3. The smallest absolute Gasteiger partial charge is 0.119 e. The molecule has 4 nitrogen and oxygen atoms in total. The Morgan fingerprint density at radius 1 is 1.00 bits per heavy atom. The molecule has 0 bridgehead atoms. The minimum Gasteiger partial charge on any atom is -0.497 e. The molecule has 160 valence electrons. The van der Waals surface area contributed by atoms with E-state index in [4.69, 9.17) is 9.72 Å².